The third kappa shape index (κ3) is 2.94. The minimum Gasteiger partial charge on any atom is -0.484 e. The molecular weight excluding hydrogens is 296 g/mol. The summed E-state index contributed by atoms with van der Waals surface area (Å²) >= 11 is 0. The lowest BCUT2D eigenvalue weighted by atomic mass is 10.1. The summed E-state index contributed by atoms with van der Waals surface area (Å²) in [5, 5.41) is 0. The Hall–Kier alpha value is -1.84. The average Bonchev–Trinajstić information content (AvgIpc) is 3.22. The Labute approximate surface area is 144 Å². The van der Waals surface area contributed by atoms with Crippen LogP contribution in [0.25, 0.3) is 0 Å². The molecule has 24 heavy (non-hydrogen) atoms. The molecule has 1 saturated heterocycles. The molecule has 3 heteroatoms. The molecule has 2 aromatic carbocycles. The molecule has 0 bridgehead atoms. The van der Waals surface area contributed by atoms with Crippen molar-refractivity contribution in [1.82, 2.24) is 4.90 Å². The highest BCUT2D eigenvalue weighted by Gasteiger charge is 2.40. The number of aryl methyl sites for hydroxylation is 1. The summed E-state index contributed by atoms with van der Waals surface area (Å²) in [5.74, 6) is 1.59. The van der Waals surface area contributed by atoms with Crippen LogP contribution in [0.3, 0.4) is 0 Å². The molecule has 3 nitrogen and oxygen atoms in total. The molecule has 1 fully saturated rings. The second-order valence-corrected chi connectivity index (χ2v) is 7.21. The van der Waals surface area contributed by atoms with E-state index in [2.05, 4.69) is 60.4 Å². The van der Waals surface area contributed by atoms with E-state index in [-0.39, 0.29) is 6.10 Å². The van der Waals surface area contributed by atoms with Crippen molar-refractivity contribution >= 4 is 0 Å². The summed E-state index contributed by atoms with van der Waals surface area (Å²) in [7, 11) is 0. The van der Waals surface area contributed by atoms with E-state index in [1.807, 2.05) is 0 Å². The van der Waals surface area contributed by atoms with Crippen molar-refractivity contribution in [1.29, 1.82) is 0 Å². The summed E-state index contributed by atoms with van der Waals surface area (Å²) in [4.78, 5) is 2.59. The van der Waals surface area contributed by atoms with Gasteiger partial charge >= 0.3 is 0 Å². The second kappa shape index (κ2) is 6.58. The van der Waals surface area contributed by atoms with Gasteiger partial charge in [-0.1, -0.05) is 42.0 Å². The Kier molecular flexibility index (Phi) is 4.30. The maximum Gasteiger partial charge on any atom is 0.140 e. The van der Waals surface area contributed by atoms with Crippen LogP contribution in [0.2, 0.25) is 0 Å². The number of rotatable bonds is 4. The van der Waals surface area contributed by atoms with Crippen LogP contribution in [0.4, 0.5) is 0 Å². The third-order valence-corrected chi connectivity index (χ3v) is 5.54. The van der Waals surface area contributed by atoms with E-state index in [1.54, 1.807) is 0 Å². The highest BCUT2D eigenvalue weighted by molar-refractivity contribution is 5.38. The molecule has 0 aromatic heterocycles. The van der Waals surface area contributed by atoms with E-state index >= 15 is 0 Å². The van der Waals surface area contributed by atoms with Crippen molar-refractivity contribution in [2.75, 3.05) is 19.6 Å². The van der Waals surface area contributed by atoms with Crippen molar-refractivity contribution in [3.8, 4) is 5.75 Å². The van der Waals surface area contributed by atoms with E-state index in [9.17, 15) is 0 Å². The molecule has 1 aliphatic heterocycles. The average molecular weight is 322 g/mol. The van der Waals surface area contributed by atoms with Crippen LogP contribution in [-0.2, 0) is 6.42 Å². The third-order valence-electron chi connectivity index (χ3n) is 5.54. The molecule has 2 N–H and O–H groups in total. The van der Waals surface area contributed by atoms with Crippen molar-refractivity contribution in [2.45, 2.75) is 31.9 Å². The molecule has 0 radical (unpaired) electrons. The van der Waals surface area contributed by atoms with Crippen LogP contribution in [0.5, 0.6) is 5.75 Å². The standard InChI is InChI=1S/C21H26N2O/c1-15-6-8-18(9-7-15)24-21-19-5-3-2-4-17(19)12-20(21)23-11-10-16(13-22)14-23/h2-9,16,20-21H,10-14,22H2,1H3/t16-,20+,21+/m0/s1. The highest BCUT2D eigenvalue weighted by Crippen LogP contribution is 2.39. The zero-order valence-electron chi connectivity index (χ0n) is 14.3. The molecule has 0 amide bonds. The number of hydrogen-bond acceptors (Lipinski definition) is 3. The summed E-state index contributed by atoms with van der Waals surface area (Å²) < 4.78 is 6.48. The van der Waals surface area contributed by atoms with Gasteiger partial charge in [-0.3, -0.25) is 4.90 Å². The van der Waals surface area contributed by atoms with E-state index in [0.717, 1.165) is 31.8 Å². The highest BCUT2D eigenvalue weighted by atomic mass is 16.5. The first-order valence-corrected chi connectivity index (χ1v) is 9.00. The van der Waals surface area contributed by atoms with E-state index < -0.39 is 0 Å². The minimum atomic E-state index is 0.112. The molecule has 2 aliphatic rings. The van der Waals surface area contributed by atoms with Gasteiger partial charge in [-0.25, -0.2) is 0 Å². The van der Waals surface area contributed by atoms with Gasteiger partial charge in [0.05, 0.1) is 6.04 Å². The van der Waals surface area contributed by atoms with Crippen LogP contribution in [0.15, 0.2) is 48.5 Å². The fourth-order valence-corrected chi connectivity index (χ4v) is 4.12. The van der Waals surface area contributed by atoms with Crippen LogP contribution in [0.1, 0.15) is 29.2 Å². The van der Waals surface area contributed by atoms with Gasteiger partial charge in [-0.2, -0.15) is 0 Å². The zero-order valence-corrected chi connectivity index (χ0v) is 14.3. The number of fused-ring (bicyclic) bond motifs is 1. The molecular formula is C21H26N2O. The predicted molar refractivity (Wildman–Crippen MR) is 97.2 cm³/mol. The fourth-order valence-electron chi connectivity index (χ4n) is 4.12. The monoisotopic (exact) mass is 322 g/mol. The fraction of sp³-hybridized carbons (Fsp3) is 0.429. The summed E-state index contributed by atoms with van der Waals surface area (Å²) in [5.41, 5.74) is 9.93. The maximum atomic E-state index is 6.48. The van der Waals surface area contributed by atoms with Crippen LogP contribution >= 0.6 is 0 Å². The van der Waals surface area contributed by atoms with Crippen LogP contribution < -0.4 is 10.5 Å². The molecule has 1 aliphatic carbocycles. The maximum absolute atomic E-state index is 6.48. The Morgan fingerprint density at radius 2 is 1.92 bits per heavy atom. The zero-order chi connectivity index (χ0) is 16.5. The number of hydrogen-bond donors (Lipinski definition) is 1. The Morgan fingerprint density at radius 1 is 1.12 bits per heavy atom. The SMILES string of the molecule is Cc1ccc(O[C@@H]2c3ccccc3C[C@H]2N2CC[C@@H](CN)C2)cc1. The van der Waals surface area contributed by atoms with Crippen LogP contribution in [0, 0.1) is 12.8 Å². The molecule has 1 heterocycles. The molecule has 3 atom stereocenters. The predicted octanol–water partition coefficient (Wildman–Crippen LogP) is 3.32. The minimum absolute atomic E-state index is 0.112. The van der Waals surface area contributed by atoms with Gasteiger partial charge in [0.2, 0.25) is 0 Å². The molecule has 0 unspecified atom stereocenters. The largest absolute Gasteiger partial charge is 0.484 e. The van der Waals surface area contributed by atoms with Crippen LogP contribution in [-0.4, -0.2) is 30.6 Å². The first-order valence-electron chi connectivity index (χ1n) is 9.00. The molecule has 126 valence electrons. The summed E-state index contributed by atoms with van der Waals surface area (Å²) in [6.07, 6.45) is 2.39. The lowest BCUT2D eigenvalue weighted by Crippen LogP contribution is -2.39. The number of ether oxygens (including phenoxy) is 1. The van der Waals surface area contributed by atoms with Gasteiger partial charge < -0.3 is 10.5 Å². The van der Waals surface area contributed by atoms with Gasteiger partial charge in [0.25, 0.3) is 0 Å². The number of nitrogens with two attached hydrogens (primary N) is 1. The normalized spacial score (nSPS) is 26.5. The van der Waals surface area contributed by atoms with Gasteiger partial charge in [0.15, 0.2) is 0 Å². The van der Waals surface area contributed by atoms with Gasteiger partial charge in [0.1, 0.15) is 11.9 Å². The second-order valence-electron chi connectivity index (χ2n) is 7.21. The number of benzene rings is 2. The lowest BCUT2D eigenvalue weighted by molar-refractivity contribution is 0.0917. The van der Waals surface area contributed by atoms with Gasteiger partial charge in [0, 0.05) is 6.54 Å². The van der Waals surface area contributed by atoms with E-state index in [1.165, 1.54) is 23.1 Å². The van der Waals surface area contributed by atoms with Crippen molar-refractivity contribution in [3.63, 3.8) is 0 Å². The lowest BCUT2D eigenvalue weighted by Gasteiger charge is -2.30. The summed E-state index contributed by atoms with van der Waals surface area (Å²) in [6.45, 7) is 5.13. The Balaban J connectivity index is 1.60. The quantitative estimate of drug-likeness (QED) is 0.938. The van der Waals surface area contributed by atoms with Gasteiger partial charge in [-0.05, 0) is 62.0 Å². The Morgan fingerprint density at radius 3 is 2.67 bits per heavy atom. The molecule has 2 aromatic rings. The van der Waals surface area contributed by atoms with Crippen molar-refractivity contribution < 1.29 is 4.74 Å². The molecule has 4 rings (SSSR count). The Bertz CT molecular complexity index is 697. The molecule has 0 spiro atoms. The number of likely N-dealkylation sites (tertiary alicyclic amines) is 1. The molecule has 0 saturated carbocycles. The van der Waals surface area contributed by atoms with Gasteiger partial charge in [-0.15, -0.1) is 0 Å². The topological polar surface area (TPSA) is 38.5 Å². The number of nitrogens with zero attached hydrogens (tertiary/aromatic N) is 1. The smallest absolute Gasteiger partial charge is 0.140 e. The van der Waals surface area contributed by atoms with E-state index in [0.29, 0.717) is 12.0 Å². The van der Waals surface area contributed by atoms with Crippen molar-refractivity contribution in [3.05, 3.63) is 65.2 Å². The first kappa shape index (κ1) is 15.7. The first-order chi connectivity index (χ1) is 11.7. The van der Waals surface area contributed by atoms with E-state index in [4.69, 9.17) is 10.5 Å². The van der Waals surface area contributed by atoms with Crippen molar-refractivity contribution in [2.24, 2.45) is 11.7 Å². The summed E-state index contributed by atoms with van der Waals surface area (Å²) in [6, 6.07) is 17.6.